The van der Waals surface area contributed by atoms with E-state index in [0.29, 0.717) is 12.5 Å². The van der Waals surface area contributed by atoms with Gasteiger partial charge in [0.1, 0.15) is 0 Å². The van der Waals surface area contributed by atoms with Crippen LogP contribution >= 0.6 is 0 Å². The second kappa shape index (κ2) is 3.75. The molecular formula is C8H16O3S. The molecule has 4 heteroatoms. The molecule has 12 heavy (non-hydrogen) atoms. The molecule has 1 saturated carbocycles. The lowest BCUT2D eigenvalue weighted by Crippen LogP contribution is -2.11. The standard InChI is InChI=1S/C8H16O3S/c1-7-3-4-8(5-7)6-11-12(2,9)10/h7-8H,3-6H2,1-2H3/t7-,8-/m0/s1. The molecule has 0 amide bonds. The summed E-state index contributed by atoms with van der Waals surface area (Å²) in [4.78, 5) is 0. The van der Waals surface area contributed by atoms with Crippen LogP contribution in [0.25, 0.3) is 0 Å². The number of rotatable bonds is 3. The smallest absolute Gasteiger partial charge is 0.264 e. The Hall–Kier alpha value is -0.0900. The molecule has 1 rings (SSSR count). The van der Waals surface area contributed by atoms with Crippen LogP contribution in [0.4, 0.5) is 0 Å². The van der Waals surface area contributed by atoms with E-state index in [2.05, 4.69) is 6.92 Å². The van der Waals surface area contributed by atoms with E-state index in [-0.39, 0.29) is 0 Å². The fourth-order valence-corrected chi connectivity index (χ4v) is 2.14. The summed E-state index contributed by atoms with van der Waals surface area (Å²) in [6, 6.07) is 0. The van der Waals surface area contributed by atoms with Crippen LogP contribution in [0, 0.1) is 11.8 Å². The average molecular weight is 192 g/mol. The van der Waals surface area contributed by atoms with Gasteiger partial charge in [-0.25, -0.2) is 0 Å². The molecule has 0 aromatic carbocycles. The zero-order chi connectivity index (χ0) is 9.19. The summed E-state index contributed by atoms with van der Waals surface area (Å²) >= 11 is 0. The van der Waals surface area contributed by atoms with Crippen molar-refractivity contribution in [2.75, 3.05) is 12.9 Å². The third-order valence-corrected chi connectivity index (χ3v) is 2.89. The third-order valence-electron chi connectivity index (χ3n) is 2.32. The number of hydrogen-bond acceptors (Lipinski definition) is 3. The van der Waals surface area contributed by atoms with Gasteiger partial charge in [0.2, 0.25) is 0 Å². The zero-order valence-corrected chi connectivity index (χ0v) is 8.43. The Kier molecular flexibility index (Phi) is 3.12. The third kappa shape index (κ3) is 3.54. The molecule has 0 aliphatic heterocycles. The first kappa shape index (κ1) is 9.99. The van der Waals surface area contributed by atoms with Gasteiger partial charge in [-0.1, -0.05) is 13.3 Å². The minimum Gasteiger partial charge on any atom is -0.270 e. The van der Waals surface area contributed by atoms with E-state index < -0.39 is 10.1 Å². The first-order valence-electron chi connectivity index (χ1n) is 4.32. The Morgan fingerprint density at radius 2 is 2.08 bits per heavy atom. The van der Waals surface area contributed by atoms with Gasteiger partial charge >= 0.3 is 0 Å². The zero-order valence-electron chi connectivity index (χ0n) is 7.62. The summed E-state index contributed by atoms with van der Waals surface area (Å²) in [7, 11) is -3.23. The first-order valence-corrected chi connectivity index (χ1v) is 6.13. The highest BCUT2D eigenvalue weighted by molar-refractivity contribution is 7.85. The van der Waals surface area contributed by atoms with E-state index in [1.165, 1.54) is 6.42 Å². The highest BCUT2D eigenvalue weighted by Gasteiger charge is 2.22. The minimum atomic E-state index is -3.23. The molecule has 1 aliphatic rings. The summed E-state index contributed by atoms with van der Waals surface area (Å²) in [5, 5.41) is 0. The van der Waals surface area contributed by atoms with Gasteiger partial charge in [-0.05, 0) is 24.7 Å². The van der Waals surface area contributed by atoms with Crippen LogP contribution in [-0.4, -0.2) is 21.3 Å². The van der Waals surface area contributed by atoms with Crippen LogP contribution in [0.1, 0.15) is 26.2 Å². The van der Waals surface area contributed by atoms with Gasteiger partial charge < -0.3 is 0 Å². The normalized spacial score (nSPS) is 30.8. The molecule has 0 bridgehead atoms. The Labute approximate surface area is 74.2 Å². The largest absolute Gasteiger partial charge is 0.270 e. The van der Waals surface area contributed by atoms with E-state index in [1.807, 2.05) is 0 Å². The lowest BCUT2D eigenvalue weighted by molar-refractivity contribution is 0.256. The van der Waals surface area contributed by atoms with E-state index in [0.717, 1.165) is 25.0 Å². The van der Waals surface area contributed by atoms with Crippen LogP contribution in [0.2, 0.25) is 0 Å². The second-order valence-corrected chi connectivity index (χ2v) is 5.42. The van der Waals surface area contributed by atoms with Gasteiger partial charge in [-0.2, -0.15) is 8.42 Å². The van der Waals surface area contributed by atoms with Gasteiger partial charge in [-0.3, -0.25) is 4.18 Å². The fourth-order valence-electron chi connectivity index (χ4n) is 1.70. The lowest BCUT2D eigenvalue weighted by Gasteiger charge is -2.07. The van der Waals surface area contributed by atoms with Gasteiger partial charge in [-0.15, -0.1) is 0 Å². The first-order chi connectivity index (χ1) is 5.47. The molecule has 1 aliphatic carbocycles. The molecule has 0 aromatic heterocycles. The molecule has 0 N–H and O–H groups in total. The summed E-state index contributed by atoms with van der Waals surface area (Å²) < 4.78 is 26.0. The molecule has 1 fully saturated rings. The van der Waals surface area contributed by atoms with Gasteiger partial charge in [0, 0.05) is 0 Å². The summed E-state index contributed by atoms with van der Waals surface area (Å²) in [6.07, 6.45) is 4.52. The molecule has 0 unspecified atom stereocenters. The maximum absolute atomic E-state index is 10.6. The van der Waals surface area contributed by atoms with E-state index in [4.69, 9.17) is 4.18 Å². The van der Waals surface area contributed by atoms with Crippen LogP contribution in [0.5, 0.6) is 0 Å². The summed E-state index contributed by atoms with van der Waals surface area (Å²) in [5.41, 5.74) is 0. The van der Waals surface area contributed by atoms with Crippen molar-refractivity contribution in [1.29, 1.82) is 0 Å². The van der Waals surface area contributed by atoms with E-state index in [9.17, 15) is 8.42 Å². The highest BCUT2D eigenvalue weighted by Crippen LogP contribution is 2.30. The summed E-state index contributed by atoms with van der Waals surface area (Å²) in [6.45, 7) is 2.57. The maximum Gasteiger partial charge on any atom is 0.264 e. The highest BCUT2D eigenvalue weighted by atomic mass is 32.2. The van der Waals surface area contributed by atoms with E-state index in [1.54, 1.807) is 0 Å². The van der Waals surface area contributed by atoms with Crippen molar-refractivity contribution in [3.63, 3.8) is 0 Å². The molecule has 0 aromatic rings. The fraction of sp³-hybridized carbons (Fsp3) is 1.00. The van der Waals surface area contributed by atoms with Gasteiger partial charge in [0.25, 0.3) is 10.1 Å². The Bertz CT molecular complexity index is 233. The lowest BCUT2D eigenvalue weighted by atomic mass is 10.1. The molecule has 2 atom stereocenters. The van der Waals surface area contributed by atoms with Crippen molar-refractivity contribution >= 4 is 10.1 Å². The van der Waals surface area contributed by atoms with E-state index >= 15 is 0 Å². The Morgan fingerprint density at radius 1 is 1.42 bits per heavy atom. The van der Waals surface area contributed by atoms with Crippen LogP contribution < -0.4 is 0 Å². The molecule has 0 spiro atoms. The van der Waals surface area contributed by atoms with Crippen molar-refractivity contribution in [2.24, 2.45) is 11.8 Å². The van der Waals surface area contributed by atoms with Crippen molar-refractivity contribution in [3.8, 4) is 0 Å². The van der Waals surface area contributed by atoms with Crippen molar-refractivity contribution in [3.05, 3.63) is 0 Å². The molecule has 72 valence electrons. The minimum absolute atomic E-state index is 0.378. The van der Waals surface area contributed by atoms with Crippen LogP contribution in [-0.2, 0) is 14.3 Å². The number of hydrogen-bond donors (Lipinski definition) is 0. The molecular weight excluding hydrogens is 176 g/mol. The predicted molar refractivity (Wildman–Crippen MR) is 47.3 cm³/mol. The van der Waals surface area contributed by atoms with Crippen LogP contribution in [0.15, 0.2) is 0 Å². The monoisotopic (exact) mass is 192 g/mol. The predicted octanol–water partition coefficient (Wildman–Crippen LogP) is 1.40. The average Bonchev–Trinajstić information content (AvgIpc) is 2.30. The van der Waals surface area contributed by atoms with Gasteiger partial charge in [0.05, 0.1) is 12.9 Å². The molecule has 0 saturated heterocycles. The summed E-state index contributed by atoms with van der Waals surface area (Å²) in [5.74, 6) is 1.19. The molecule has 0 radical (unpaired) electrons. The van der Waals surface area contributed by atoms with Crippen molar-refractivity contribution < 1.29 is 12.6 Å². The van der Waals surface area contributed by atoms with Crippen molar-refractivity contribution in [1.82, 2.24) is 0 Å². The SMILES string of the molecule is C[C@H]1CC[C@H](COS(C)(=O)=O)C1. The van der Waals surface area contributed by atoms with Gasteiger partial charge in [0.15, 0.2) is 0 Å². The molecule has 0 heterocycles. The van der Waals surface area contributed by atoms with Crippen LogP contribution in [0.3, 0.4) is 0 Å². The quantitative estimate of drug-likeness (QED) is 0.635. The Balaban J connectivity index is 2.25. The topological polar surface area (TPSA) is 43.4 Å². The molecule has 3 nitrogen and oxygen atoms in total. The second-order valence-electron chi connectivity index (χ2n) is 3.77. The Morgan fingerprint density at radius 3 is 2.50 bits per heavy atom. The van der Waals surface area contributed by atoms with Crippen molar-refractivity contribution in [2.45, 2.75) is 26.2 Å². The maximum atomic E-state index is 10.6.